The third kappa shape index (κ3) is 5.11. The third-order valence-corrected chi connectivity index (χ3v) is 6.27. The number of amides is 1. The largest absolute Gasteiger partial charge is 0.480 e. The zero-order chi connectivity index (χ0) is 21.1. The SMILES string of the molecule is CSCC[C@H](N[C@H]1C(=O)NS(=O)(=O)N1Cc1ccc(Cl)c([N+](=O)[O-])c1)C(=O)O. The highest BCUT2D eigenvalue weighted by molar-refractivity contribution is 7.98. The number of rotatable bonds is 9. The molecule has 1 aliphatic rings. The summed E-state index contributed by atoms with van der Waals surface area (Å²) >= 11 is 7.15. The number of nitro groups is 1. The van der Waals surface area contributed by atoms with Crippen LogP contribution in [0.1, 0.15) is 12.0 Å². The number of nitrogens with one attached hydrogen (secondary N) is 2. The second-order valence-corrected chi connectivity index (χ2v) is 8.82. The Kier molecular flexibility index (Phi) is 7.22. The molecule has 1 aromatic rings. The molecule has 0 radical (unpaired) electrons. The zero-order valence-corrected chi connectivity index (χ0v) is 16.9. The molecule has 28 heavy (non-hydrogen) atoms. The zero-order valence-electron chi connectivity index (χ0n) is 14.5. The number of carbonyl (C=O) groups excluding carboxylic acids is 1. The van der Waals surface area contributed by atoms with E-state index in [0.29, 0.717) is 5.75 Å². The van der Waals surface area contributed by atoms with E-state index in [9.17, 15) is 33.2 Å². The molecule has 1 aromatic carbocycles. The molecular formula is C14H17ClN4O7S2. The van der Waals surface area contributed by atoms with Gasteiger partial charge in [0.05, 0.1) is 4.92 Å². The van der Waals surface area contributed by atoms with E-state index >= 15 is 0 Å². The van der Waals surface area contributed by atoms with Gasteiger partial charge in [-0.3, -0.25) is 25.0 Å². The number of hydrogen-bond acceptors (Lipinski definition) is 8. The van der Waals surface area contributed by atoms with E-state index in [1.54, 1.807) is 11.0 Å². The predicted molar refractivity (Wildman–Crippen MR) is 102 cm³/mol. The Bertz CT molecular complexity index is 896. The first-order chi connectivity index (χ1) is 13.1. The number of aliphatic carboxylic acids is 1. The Morgan fingerprint density at radius 2 is 2.21 bits per heavy atom. The fourth-order valence-electron chi connectivity index (χ4n) is 2.53. The molecule has 11 nitrogen and oxygen atoms in total. The highest BCUT2D eigenvalue weighted by atomic mass is 35.5. The number of carbonyl (C=O) groups is 2. The lowest BCUT2D eigenvalue weighted by molar-refractivity contribution is -0.384. The normalized spacial score (nSPS) is 19.9. The molecular weight excluding hydrogens is 436 g/mol. The van der Waals surface area contributed by atoms with Crippen molar-refractivity contribution < 1.29 is 28.0 Å². The van der Waals surface area contributed by atoms with Crippen molar-refractivity contribution in [1.82, 2.24) is 14.3 Å². The molecule has 0 aliphatic carbocycles. The number of carboxylic acid groups (broad SMARTS) is 1. The topological polar surface area (TPSA) is 159 Å². The highest BCUT2D eigenvalue weighted by Gasteiger charge is 2.45. The molecule has 0 bridgehead atoms. The Hall–Kier alpha value is -1.93. The van der Waals surface area contributed by atoms with Gasteiger partial charge in [0.15, 0.2) is 6.17 Å². The number of nitro benzene ring substituents is 1. The minimum absolute atomic E-state index is 0.120. The summed E-state index contributed by atoms with van der Waals surface area (Å²) in [5.74, 6) is -1.68. The molecule has 0 aromatic heterocycles. The highest BCUT2D eigenvalue weighted by Crippen LogP contribution is 2.27. The van der Waals surface area contributed by atoms with Gasteiger partial charge >= 0.3 is 16.2 Å². The number of hydrogen-bond donors (Lipinski definition) is 3. The van der Waals surface area contributed by atoms with Gasteiger partial charge in [0.2, 0.25) is 0 Å². The van der Waals surface area contributed by atoms with Gasteiger partial charge < -0.3 is 5.11 Å². The molecule has 154 valence electrons. The van der Waals surface area contributed by atoms with E-state index in [1.807, 2.05) is 0 Å². The lowest BCUT2D eigenvalue weighted by Crippen LogP contribution is -2.52. The molecule has 14 heteroatoms. The van der Waals surface area contributed by atoms with Crippen LogP contribution in [0.4, 0.5) is 5.69 Å². The predicted octanol–water partition coefficient (Wildman–Crippen LogP) is 0.547. The number of halogens is 1. The van der Waals surface area contributed by atoms with Gasteiger partial charge in [-0.2, -0.15) is 24.5 Å². The van der Waals surface area contributed by atoms with Crippen molar-refractivity contribution in [3.05, 3.63) is 38.9 Å². The van der Waals surface area contributed by atoms with E-state index < -0.39 is 51.4 Å². The van der Waals surface area contributed by atoms with Gasteiger partial charge in [0, 0.05) is 12.6 Å². The van der Waals surface area contributed by atoms with Crippen LogP contribution < -0.4 is 10.0 Å². The van der Waals surface area contributed by atoms with E-state index in [2.05, 4.69) is 5.32 Å². The van der Waals surface area contributed by atoms with Crippen molar-refractivity contribution >= 4 is 51.1 Å². The second-order valence-electron chi connectivity index (χ2n) is 5.80. The first-order valence-electron chi connectivity index (χ1n) is 7.81. The number of thioether (sulfide) groups is 1. The Morgan fingerprint density at radius 3 is 2.79 bits per heavy atom. The van der Waals surface area contributed by atoms with E-state index in [1.165, 1.54) is 23.9 Å². The maximum atomic E-state index is 12.3. The first-order valence-corrected chi connectivity index (χ1v) is 11.0. The minimum atomic E-state index is -4.25. The maximum Gasteiger partial charge on any atom is 0.320 e. The fourth-order valence-corrected chi connectivity index (χ4v) is 4.42. The van der Waals surface area contributed by atoms with E-state index in [-0.39, 0.29) is 17.0 Å². The quantitative estimate of drug-likeness (QED) is 0.359. The van der Waals surface area contributed by atoms with Crippen LogP contribution in [0.15, 0.2) is 18.2 Å². The van der Waals surface area contributed by atoms with Crippen LogP contribution in [0, 0.1) is 10.1 Å². The molecule has 2 atom stereocenters. The molecule has 1 amide bonds. The minimum Gasteiger partial charge on any atom is -0.480 e. The van der Waals surface area contributed by atoms with Crippen LogP contribution in [0.2, 0.25) is 5.02 Å². The molecule has 1 saturated heterocycles. The molecule has 1 aliphatic heterocycles. The second kappa shape index (κ2) is 9.05. The van der Waals surface area contributed by atoms with E-state index in [0.717, 1.165) is 10.4 Å². The van der Waals surface area contributed by atoms with Gasteiger partial charge in [-0.1, -0.05) is 17.7 Å². The van der Waals surface area contributed by atoms with Crippen molar-refractivity contribution in [3.8, 4) is 0 Å². The molecule has 0 saturated carbocycles. The lowest BCUT2D eigenvalue weighted by Gasteiger charge is -2.24. The summed E-state index contributed by atoms with van der Waals surface area (Å²) in [5, 5.41) is 22.8. The summed E-state index contributed by atoms with van der Waals surface area (Å²) in [4.78, 5) is 33.9. The fraction of sp³-hybridized carbons (Fsp3) is 0.429. The van der Waals surface area contributed by atoms with Crippen LogP contribution >= 0.6 is 23.4 Å². The smallest absolute Gasteiger partial charge is 0.320 e. The van der Waals surface area contributed by atoms with Crippen molar-refractivity contribution in [2.45, 2.75) is 25.2 Å². The summed E-state index contributed by atoms with van der Waals surface area (Å²) < 4.78 is 27.1. The molecule has 3 N–H and O–H groups in total. The summed E-state index contributed by atoms with van der Waals surface area (Å²) in [6.45, 7) is -0.397. The van der Waals surface area contributed by atoms with Crippen LogP contribution in [0.3, 0.4) is 0 Å². The van der Waals surface area contributed by atoms with Gasteiger partial charge in [-0.15, -0.1) is 0 Å². The van der Waals surface area contributed by atoms with Crippen molar-refractivity contribution in [2.75, 3.05) is 12.0 Å². The first kappa shape index (κ1) is 22.4. The molecule has 2 rings (SSSR count). The monoisotopic (exact) mass is 452 g/mol. The lowest BCUT2D eigenvalue weighted by atomic mass is 10.2. The third-order valence-electron chi connectivity index (χ3n) is 3.89. The molecule has 1 heterocycles. The molecule has 0 unspecified atom stereocenters. The van der Waals surface area contributed by atoms with Crippen molar-refractivity contribution in [2.24, 2.45) is 0 Å². The van der Waals surface area contributed by atoms with Gasteiger partial charge in [0.1, 0.15) is 11.1 Å². The Balaban J connectivity index is 2.31. The summed E-state index contributed by atoms with van der Waals surface area (Å²) in [5.41, 5.74) is -0.207. The van der Waals surface area contributed by atoms with Crippen LogP contribution in [0.5, 0.6) is 0 Å². The van der Waals surface area contributed by atoms with Crippen molar-refractivity contribution in [3.63, 3.8) is 0 Å². The Morgan fingerprint density at radius 1 is 1.54 bits per heavy atom. The van der Waals surface area contributed by atoms with Gasteiger partial charge in [-0.25, -0.2) is 4.72 Å². The molecule has 1 fully saturated rings. The summed E-state index contributed by atoms with van der Waals surface area (Å²) in [6, 6.07) is 2.57. The van der Waals surface area contributed by atoms with Crippen LogP contribution in [-0.4, -0.2) is 58.8 Å². The molecule has 0 spiro atoms. The number of nitrogens with zero attached hydrogens (tertiary/aromatic N) is 2. The summed E-state index contributed by atoms with van der Waals surface area (Å²) in [6.07, 6.45) is 0.481. The number of benzene rings is 1. The average Bonchev–Trinajstić information content (AvgIpc) is 2.81. The van der Waals surface area contributed by atoms with Crippen LogP contribution in [0.25, 0.3) is 0 Å². The standard InChI is InChI=1S/C14H17ClN4O7S2/c1-27-5-4-10(14(21)22)16-12-13(20)17-28(25,26)18(12)7-8-2-3-9(15)11(6-8)19(23)24/h2-3,6,10,12,16H,4-5,7H2,1H3,(H,17,20)(H,21,22)/t10-,12+/m0/s1. The van der Waals surface area contributed by atoms with Crippen LogP contribution in [-0.2, 0) is 26.3 Å². The van der Waals surface area contributed by atoms with Gasteiger partial charge in [-0.05, 0) is 30.1 Å². The summed E-state index contributed by atoms with van der Waals surface area (Å²) in [7, 11) is -4.25. The Labute approximate surface area is 169 Å². The average molecular weight is 453 g/mol. The van der Waals surface area contributed by atoms with Gasteiger partial charge in [0.25, 0.3) is 11.6 Å². The maximum absolute atomic E-state index is 12.3. The number of carboxylic acids is 1. The van der Waals surface area contributed by atoms with Crippen molar-refractivity contribution in [1.29, 1.82) is 0 Å². The van der Waals surface area contributed by atoms with E-state index in [4.69, 9.17) is 11.6 Å².